The SMILES string of the molecule is CN(CC(=O)Nc1ccccc1Cl)C(=O)CN(CC(=O)Nc1ccccc1)Cc1ccco1. The average molecular weight is 469 g/mol. The Morgan fingerprint density at radius 3 is 2.24 bits per heavy atom. The van der Waals surface area contributed by atoms with Crippen LogP contribution in [-0.2, 0) is 20.9 Å². The summed E-state index contributed by atoms with van der Waals surface area (Å²) in [5.41, 5.74) is 1.14. The van der Waals surface area contributed by atoms with Gasteiger partial charge in [-0.25, -0.2) is 0 Å². The highest BCUT2D eigenvalue weighted by molar-refractivity contribution is 6.33. The van der Waals surface area contributed by atoms with Crippen molar-refractivity contribution in [2.24, 2.45) is 0 Å². The number of furan rings is 1. The first-order valence-corrected chi connectivity index (χ1v) is 10.7. The fourth-order valence-corrected chi connectivity index (χ4v) is 3.27. The van der Waals surface area contributed by atoms with E-state index < -0.39 is 0 Å². The van der Waals surface area contributed by atoms with Crippen LogP contribution in [0.2, 0.25) is 5.02 Å². The van der Waals surface area contributed by atoms with Crippen molar-refractivity contribution in [3.05, 3.63) is 83.8 Å². The molecule has 1 aromatic heterocycles. The summed E-state index contributed by atoms with van der Waals surface area (Å²) in [6.07, 6.45) is 1.53. The number of amides is 3. The average Bonchev–Trinajstić information content (AvgIpc) is 3.29. The molecular formula is C24H25ClN4O4. The third-order valence-corrected chi connectivity index (χ3v) is 5.03. The summed E-state index contributed by atoms with van der Waals surface area (Å²) < 4.78 is 5.37. The molecule has 3 aromatic rings. The Hall–Kier alpha value is -3.62. The minimum absolute atomic E-state index is 0.0268. The molecule has 1 heterocycles. The highest BCUT2D eigenvalue weighted by Gasteiger charge is 2.20. The number of halogens is 1. The summed E-state index contributed by atoms with van der Waals surface area (Å²) in [6, 6.07) is 19.4. The zero-order valence-electron chi connectivity index (χ0n) is 18.2. The number of nitrogens with zero attached hydrogens (tertiary/aromatic N) is 2. The second-order valence-electron chi connectivity index (χ2n) is 7.42. The van der Waals surface area contributed by atoms with Crippen LogP contribution in [-0.4, -0.2) is 54.2 Å². The number of carbonyl (C=O) groups is 3. The van der Waals surface area contributed by atoms with Crippen molar-refractivity contribution in [3.63, 3.8) is 0 Å². The number of carbonyl (C=O) groups excluding carboxylic acids is 3. The van der Waals surface area contributed by atoms with E-state index in [1.165, 1.54) is 18.2 Å². The van der Waals surface area contributed by atoms with E-state index in [9.17, 15) is 14.4 Å². The van der Waals surface area contributed by atoms with E-state index in [1.807, 2.05) is 18.2 Å². The Labute approximate surface area is 197 Å². The van der Waals surface area contributed by atoms with Gasteiger partial charge in [-0.3, -0.25) is 19.3 Å². The molecule has 172 valence electrons. The van der Waals surface area contributed by atoms with Crippen LogP contribution >= 0.6 is 11.6 Å². The van der Waals surface area contributed by atoms with Crippen molar-refractivity contribution in [1.82, 2.24) is 9.80 Å². The Morgan fingerprint density at radius 1 is 0.848 bits per heavy atom. The fraction of sp³-hybridized carbons (Fsp3) is 0.208. The Morgan fingerprint density at radius 2 is 1.55 bits per heavy atom. The lowest BCUT2D eigenvalue weighted by molar-refractivity contribution is -0.134. The molecule has 33 heavy (non-hydrogen) atoms. The molecule has 3 rings (SSSR count). The summed E-state index contributed by atoms with van der Waals surface area (Å²) in [7, 11) is 1.53. The van der Waals surface area contributed by atoms with Gasteiger partial charge in [0, 0.05) is 12.7 Å². The molecule has 0 aliphatic rings. The summed E-state index contributed by atoms with van der Waals surface area (Å²) in [4.78, 5) is 40.6. The largest absolute Gasteiger partial charge is 0.468 e. The molecule has 0 spiro atoms. The quantitative estimate of drug-likeness (QED) is 0.475. The number of nitrogens with one attached hydrogen (secondary N) is 2. The number of hydrogen-bond acceptors (Lipinski definition) is 5. The normalized spacial score (nSPS) is 10.6. The number of hydrogen-bond donors (Lipinski definition) is 2. The smallest absolute Gasteiger partial charge is 0.244 e. The zero-order valence-corrected chi connectivity index (χ0v) is 18.9. The fourth-order valence-electron chi connectivity index (χ4n) is 3.08. The van der Waals surface area contributed by atoms with E-state index in [1.54, 1.807) is 53.4 Å². The minimum atomic E-state index is -0.377. The summed E-state index contributed by atoms with van der Waals surface area (Å²) in [5, 5.41) is 5.91. The molecular weight excluding hydrogens is 444 g/mol. The van der Waals surface area contributed by atoms with Gasteiger partial charge in [0.1, 0.15) is 5.76 Å². The lowest BCUT2D eigenvalue weighted by Gasteiger charge is -2.24. The predicted molar refractivity (Wildman–Crippen MR) is 127 cm³/mol. The lowest BCUT2D eigenvalue weighted by Crippen LogP contribution is -2.43. The van der Waals surface area contributed by atoms with E-state index in [-0.39, 0.29) is 43.9 Å². The molecule has 0 saturated heterocycles. The lowest BCUT2D eigenvalue weighted by atomic mass is 10.3. The number of benzene rings is 2. The third-order valence-electron chi connectivity index (χ3n) is 4.70. The van der Waals surface area contributed by atoms with Gasteiger partial charge in [0.05, 0.1) is 43.2 Å². The predicted octanol–water partition coefficient (Wildman–Crippen LogP) is 3.47. The van der Waals surface area contributed by atoms with Crippen molar-refractivity contribution in [2.45, 2.75) is 6.54 Å². The minimum Gasteiger partial charge on any atom is -0.468 e. The zero-order chi connectivity index (χ0) is 23.6. The van der Waals surface area contributed by atoms with Gasteiger partial charge in [-0.2, -0.15) is 0 Å². The molecule has 0 fully saturated rings. The van der Waals surface area contributed by atoms with Crippen LogP contribution in [0.15, 0.2) is 77.4 Å². The second kappa shape index (κ2) is 11.8. The van der Waals surface area contributed by atoms with Gasteiger partial charge in [0.15, 0.2) is 0 Å². The molecule has 0 saturated carbocycles. The van der Waals surface area contributed by atoms with Crippen molar-refractivity contribution in [3.8, 4) is 0 Å². The molecule has 0 radical (unpaired) electrons. The number of para-hydroxylation sites is 2. The molecule has 2 aromatic carbocycles. The maximum atomic E-state index is 12.8. The molecule has 0 bridgehead atoms. The number of likely N-dealkylation sites (N-methyl/N-ethyl adjacent to an activating group) is 1. The topological polar surface area (TPSA) is 94.9 Å². The van der Waals surface area contributed by atoms with Gasteiger partial charge in [0.2, 0.25) is 17.7 Å². The standard InChI is InChI=1S/C24H25ClN4O4/c1-28(15-22(30)27-21-12-6-5-11-20(21)25)24(32)17-29(14-19-10-7-13-33-19)16-23(31)26-18-8-3-2-4-9-18/h2-13H,14-17H2,1H3,(H,26,31)(H,27,30). The monoisotopic (exact) mass is 468 g/mol. The number of rotatable bonds is 10. The number of anilines is 2. The van der Waals surface area contributed by atoms with Crippen LogP contribution in [0.4, 0.5) is 11.4 Å². The van der Waals surface area contributed by atoms with Crippen molar-refractivity contribution >= 4 is 40.7 Å². The molecule has 0 aliphatic carbocycles. The Bertz CT molecular complexity index is 1070. The van der Waals surface area contributed by atoms with Gasteiger partial charge in [-0.1, -0.05) is 41.9 Å². The van der Waals surface area contributed by atoms with E-state index in [0.717, 1.165) is 0 Å². The molecule has 8 nitrogen and oxygen atoms in total. The molecule has 2 N–H and O–H groups in total. The van der Waals surface area contributed by atoms with Crippen molar-refractivity contribution < 1.29 is 18.8 Å². The Balaban J connectivity index is 1.58. The van der Waals surface area contributed by atoms with Gasteiger partial charge in [-0.05, 0) is 36.4 Å². The van der Waals surface area contributed by atoms with E-state index >= 15 is 0 Å². The highest BCUT2D eigenvalue weighted by atomic mass is 35.5. The van der Waals surface area contributed by atoms with Gasteiger partial charge >= 0.3 is 0 Å². The van der Waals surface area contributed by atoms with Crippen LogP contribution in [0.25, 0.3) is 0 Å². The van der Waals surface area contributed by atoms with Crippen LogP contribution < -0.4 is 10.6 Å². The van der Waals surface area contributed by atoms with Crippen LogP contribution in [0.5, 0.6) is 0 Å². The van der Waals surface area contributed by atoms with E-state index in [2.05, 4.69) is 10.6 Å². The van der Waals surface area contributed by atoms with Crippen LogP contribution in [0, 0.1) is 0 Å². The molecule has 9 heteroatoms. The first-order chi connectivity index (χ1) is 15.9. The first-order valence-electron chi connectivity index (χ1n) is 10.3. The van der Waals surface area contributed by atoms with Gasteiger partial charge < -0.3 is 20.0 Å². The van der Waals surface area contributed by atoms with Crippen LogP contribution in [0.1, 0.15) is 5.76 Å². The summed E-state index contributed by atoms with van der Waals surface area (Å²) >= 11 is 6.06. The van der Waals surface area contributed by atoms with Gasteiger partial charge in [-0.15, -0.1) is 0 Å². The molecule has 0 unspecified atom stereocenters. The summed E-state index contributed by atoms with van der Waals surface area (Å²) in [6.45, 7) is 0.00917. The van der Waals surface area contributed by atoms with Gasteiger partial charge in [0.25, 0.3) is 0 Å². The van der Waals surface area contributed by atoms with E-state index in [4.69, 9.17) is 16.0 Å². The van der Waals surface area contributed by atoms with Crippen molar-refractivity contribution in [1.29, 1.82) is 0 Å². The summed E-state index contributed by atoms with van der Waals surface area (Å²) in [5.74, 6) is -0.337. The Kier molecular flexibility index (Phi) is 8.63. The first kappa shape index (κ1) is 24.0. The maximum Gasteiger partial charge on any atom is 0.244 e. The second-order valence-corrected chi connectivity index (χ2v) is 7.82. The highest BCUT2D eigenvalue weighted by Crippen LogP contribution is 2.20. The molecule has 0 atom stereocenters. The molecule has 0 aliphatic heterocycles. The third kappa shape index (κ3) is 7.78. The van der Waals surface area contributed by atoms with E-state index in [0.29, 0.717) is 22.2 Å². The molecule has 3 amide bonds. The van der Waals surface area contributed by atoms with Crippen LogP contribution in [0.3, 0.4) is 0 Å². The van der Waals surface area contributed by atoms with Crippen molar-refractivity contribution in [2.75, 3.05) is 37.3 Å². The maximum absolute atomic E-state index is 12.8.